The maximum Gasteiger partial charge on any atom is 0.350 e. The van der Waals surface area contributed by atoms with Crippen LogP contribution < -0.4 is 5.32 Å². The molecule has 0 atom stereocenters. The van der Waals surface area contributed by atoms with Gasteiger partial charge in [0.05, 0.1) is 17.9 Å². The molecule has 1 aliphatic carbocycles. The lowest BCUT2D eigenvalue weighted by molar-refractivity contribution is -0.138. The van der Waals surface area contributed by atoms with Crippen molar-refractivity contribution in [3.8, 4) is 6.07 Å². The van der Waals surface area contributed by atoms with E-state index in [-0.39, 0.29) is 34.9 Å². The molecule has 1 N–H and O–H groups in total. The SMILES string of the molecule is CCOC(=O)/C(C#N)=C/Nc1c(C)ccc2c1C(=O)c1ccccc1C2=O. The number of benzene rings is 2. The third kappa shape index (κ3) is 3.11. The number of aryl methyl sites for hydroxylation is 1. The molecule has 134 valence electrons. The predicted octanol–water partition coefficient (Wildman–Crippen LogP) is 3.15. The van der Waals surface area contributed by atoms with Crippen molar-refractivity contribution in [1.29, 1.82) is 5.26 Å². The minimum absolute atomic E-state index is 0.140. The summed E-state index contributed by atoms with van der Waals surface area (Å²) in [5.41, 5.74) is 2.07. The summed E-state index contributed by atoms with van der Waals surface area (Å²) >= 11 is 0. The van der Waals surface area contributed by atoms with Crippen LogP contribution in [0, 0.1) is 18.3 Å². The first kappa shape index (κ1) is 18.1. The van der Waals surface area contributed by atoms with Gasteiger partial charge >= 0.3 is 5.97 Å². The Bertz CT molecular complexity index is 1040. The maximum atomic E-state index is 13.0. The van der Waals surface area contributed by atoms with E-state index in [2.05, 4.69) is 5.32 Å². The van der Waals surface area contributed by atoms with Gasteiger partial charge in [-0.3, -0.25) is 9.59 Å². The summed E-state index contributed by atoms with van der Waals surface area (Å²) in [7, 11) is 0. The first-order valence-corrected chi connectivity index (χ1v) is 8.35. The Morgan fingerprint density at radius 1 is 1.11 bits per heavy atom. The topological polar surface area (TPSA) is 96.3 Å². The van der Waals surface area contributed by atoms with E-state index in [0.29, 0.717) is 22.4 Å². The monoisotopic (exact) mass is 360 g/mol. The zero-order chi connectivity index (χ0) is 19.6. The lowest BCUT2D eigenvalue weighted by atomic mass is 9.82. The molecule has 1 aliphatic rings. The van der Waals surface area contributed by atoms with Gasteiger partial charge in [-0.2, -0.15) is 5.26 Å². The number of carbonyl (C=O) groups excluding carboxylic acids is 3. The molecule has 6 nitrogen and oxygen atoms in total. The van der Waals surface area contributed by atoms with Crippen molar-refractivity contribution in [2.45, 2.75) is 13.8 Å². The molecule has 0 heterocycles. The number of ether oxygens (including phenoxy) is 1. The molecule has 0 spiro atoms. The average Bonchev–Trinajstić information content (AvgIpc) is 2.67. The van der Waals surface area contributed by atoms with Gasteiger partial charge in [0.15, 0.2) is 17.1 Å². The van der Waals surface area contributed by atoms with Crippen LogP contribution in [0.4, 0.5) is 5.69 Å². The van der Waals surface area contributed by atoms with E-state index < -0.39 is 5.97 Å². The number of carbonyl (C=O) groups is 3. The fourth-order valence-electron chi connectivity index (χ4n) is 2.97. The zero-order valence-electron chi connectivity index (χ0n) is 14.8. The molecule has 0 saturated heterocycles. The van der Waals surface area contributed by atoms with Gasteiger partial charge in [0, 0.05) is 22.9 Å². The molecule has 6 heteroatoms. The fraction of sp³-hybridized carbons (Fsp3) is 0.143. The number of nitrogens with one attached hydrogen (secondary N) is 1. The van der Waals surface area contributed by atoms with Crippen LogP contribution in [-0.4, -0.2) is 24.1 Å². The normalized spacial score (nSPS) is 12.7. The van der Waals surface area contributed by atoms with E-state index in [9.17, 15) is 14.4 Å². The summed E-state index contributed by atoms with van der Waals surface area (Å²) in [5.74, 6) is -1.28. The molecule has 27 heavy (non-hydrogen) atoms. The van der Waals surface area contributed by atoms with Crippen molar-refractivity contribution in [2.75, 3.05) is 11.9 Å². The van der Waals surface area contributed by atoms with Crippen LogP contribution in [-0.2, 0) is 9.53 Å². The van der Waals surface area contributed by atoms with Crippen molar-refractivity contribution in [3.63, 3.8) is 0 Å². The minimum atomic E-state index is -0.761. The van der Waals surface area contributed by atoms with Crippen molar-refractivity contribution >= 4 is 23.2 Å². The molecule has 2 aromatic carbocycles. The van der Waals surface area contributed by atoms with Crippen LogP contribution in [0.15, 0.2) is 48.2 Å². The predicted molar refractivity (Wildman–Crippen MR) is 98.4 cm³/mol. The summed E-state index contributed by atoms with van der Waals surface area (Å²) in [5, 5.41) is 12.0. The molecule has 3 rings (SSSR count). The van der Waals surface area contributed by atoms with E-state index in [1.165, 1.54) is 6.20 Å². The van der Waals surface area contributed by atoms with E-state index in [1.54, 1.807) is 56.3 Å². The van der Waals surface area contributed by atoms with Crippen LogP contribution in [0.3, 0.4) is 0 Å². The maximum absolute atomic E-state index is 13.0. The standard InChI is InChI=1S/C21H16N2O4/c1-3-27-21(26)13(10-22)11-23-18-12(2)8-9-16-17(18)20(25)15-7-5-4-6-14(15)19(16)24/h4-9,11,23H,3H2,1-2H3/b13-11+. The Morgan fingerprint density at radius 3 is 2.41 bits per heavy atom. The highest BCUT2D eigenvalue weighted by Crippen LogP contribution is 2.34. The molecular weight excluding hydrogens is 344 g/mol. The smallest absolute Gasteiger partial charge is 0.350 e. The zero-order valence-corrected chi connectivity index (χ0v) is 14.8. The molecule has 0 amide bonds. The lowest BCUT2D eigenvalue weighted by Crippen LogP contribution is -2.22. The number of esters is 1. The summed E-state index contributed by atoms with van der Waals surface area (Å²) in [4.78, 5) is 37.6. The Morgan fingerprint density at radius 2 is 1.78 bits per heavy atom. The number of ketones is 2. The summed E-state index contributed by atoms with van der Waals surface area (Å²) in [6, 6.07) is 11.7. The van der Waals surface area contributed by atoms with Crippen molar-refractivity contribution in [2.24, 2.45) is 0 Å². The third-order valence-electron chi connectivity index (χ3n) is 4.28. The number of fused-ring (bicyclic) bond motifs is 2. The molecule has 0 fully saturated rings. The number of hydrogen-bond donors (Lipinski definition) is 1. The van der Waals surface area contributed by atoms with Gasteiger partial charge in [-0.25, -0.2) is 4.79 Å². The summed E-state index contributed by atoms with van der Waals surface area (Å²) in [6.45, 7) is 3.55. The highest BCUT2D eigenvalue weighted by molar-refractivity contribution is 6.30. The summed E-state index contributed by atoms with van der Waals surface area (Å²) < 4.78 is 4.82. The molecule has 2 aromatic rings. The first-order valence-electron chi connectivity index (χ1n) is 8.35. The van der Waals surface area contributed by atoms with E-state index in [4.69, 9.17) is 10.00 Å². The average molecular weight is 360 g/mol. The van der Waals surface area contributed by atoms with Crippen LogP contribution in [0.5, 0.6) is 0 Å². The lowest BCUT2D eigenvalue weighted by Gasteiger charge is -2.21. The highest BCUT2D eigenvalue weighted by atomic mass is 16.5. The number of hydrogen-bond acceptors (Lipinski definition) is 6. The quantitative estimate of drug-likeness (QED) is 0.436. The van der Waals surface area contributed by atoms with Crippen LogP contribution in [0.1, 0.15) is 44.3 Å². The highest BCUT2D eigenvalue weighted by Gasteiger charge is 2.32. The molecular formula is C21H16N2O4. The molecule has 0 aromatic heterocycles. The van der Waals surface area contributed by atoms with E-state index >= 15 is 0 Å². The van der Waals surface area contributed by atoms with Crippen LogP contribution in [0.2, 0.25) is 0 Å². The Balaban J connectivity index is 2.09. The number of nitriles is 1. The van der Waals surface area contributed by atoms with Crippen molar-refractivity contribution in [3.05, 3.63) is 76.0 Å². The Hall–Kier alpha value is -3.72. The second-order valence-electron chi connectivity index (χ2n) is 5.92. The van der Waals surface area contributed by atoms with Gasteiger partial charge in [-0.15, -0.1) is 0 Å². The Kier molecular flexibility index (Phi) is 4.86. The molecule has 0 bridgehead atoms. The first-order chi connectivity index (χ1) is 13.0. The second-order valence-corrected chi connectivity index (χ2v) is 5.92. The molecule has 0 radical (unpaired) electrons. The van der Waals surface area contributed by atoms with Crippen molar-refractivity contribution < 1.29 is 19.1 Å². The van der Waals surface area contributed by atoms with Crippen LogP contribution in [0.25, 0.3) is 0 Å². The Labute approximate surface area is 156 Å². The van der Waals surface area contributed by atoms with Gasteiger partial charge in [0.25, 0.3) is 0 Å². The van der Waals surface area contributed by atoms with E-state index in [1.807, 2.05) is 0 Å². The van der Waals surface area contributed by atoms with Crippen molar-refractivity contribution in [1.82, 2.24) is 0 Å². The minimum Gasteiger partial charge on any atom is -0.462 e. The van der Waals surface area contributed by atoms with Gasteiger partial charge in [-0.05, 0) is 25.5 Å². The summed E-state index contributed by atoms with van der Waals surface area (Å²) in [6.07, 6.45) is 1.19. The number of nitrogens with zero attached hydrogens (tertiary/aromatic N) is 1. The molecule has 0 aliphatic heterocycles. The van der Waals surface area contributed by atoms with Gasteiger partial charge in [0.2, 0.25) is 0 Å². The van der Waals surface area contributed by atoms with Crippen LogP contribution >= 0.6 is 0 Å². The largest absolute Gasteiger partial charge is 0.462 e. The second kappa shape index (κ2) is 7.26. The van der Waals surface area contributed by atoms with Gasteiger partial charge < -0.3 is 10.1 Å². The fourth-order valence-corrected chi connectivity index (χ4v) is 2.97. The van der Waals surface area contributed by atoms with E-state index in [0.717, 1.165) is 0 Å². The number of anilines is 1. The molecule has 0 saturated carbocycles. The molecule has 0 unspecified atom stereocenters. The van der Waals surface area contributed by atoms with Gasteiger partial charge in [-0.1, -0.05) is 30.3 Å². The number of rotatable bonds is 4. The van der Waals surface area contributed by atoms with Gasteiger partial charge in [0.1, 0.15) is 6.07 Å². The third-order valence-corrected chi connectivity index (χ3v) is 4.28.